The van der Waals surface area contributed by atoms with Gasteiger partial charge in [0, 0.05) is 25.1 Å². The summed E-state index contributed by atoms with van der Waals surface area (Å²) in [6.45, 7) is 5.19. The van der Waals surface area contributed by atoms with E-state index in [1.54, 1.807) is 13.1 Å². The topological polar surface area (TPSA) is 58.6 Å². The van der Waals surface area contributed by atoms with Crippen molar-refractivity contribution in [2.45, 2.75) is 43.2 Å². The number of ether oxygens (including phenoxy) is 1. The van der Waals surface area contributed by atoms with E-state index in [2.05, 4.69) is 5.32 Å². The molecule has 7 heteroatoms. The molecular formula is C13H22N2O3S2. The normalized spacial score (nSPS) is 23.6. The predicted octanol–water partition coefficient (Wildman–Crippen LogP) is 1.57. The van der Waals surface area contributed by atoms with Crippen LogP contribution in [0.15, 0.2) is 10.3 Å². The van der Waals surface area contributed by atoms with Gasteiger partial charge in [0.15, 0.2) is 0 Å². The summed E-state index contributed by atoms with van der Waals surface area (Å²) < 4.78 is 32.8. The van der Waals surface area contributed by atoms with Crippen LogP contribution in [0.5, 0.6) is 0 Å². The first-order valence-electron chi connectivity index (χ1n) is 6.71. The van der Waals surface area contributed by atoms with Gasteiger partial charge in [-0.1, -0.05) is 0 Å². The first-order valence-corrected chi connectivity index (χ1v) is 8.97. The van der Waals surface area contributed by atoms with Crippen molar-refractivity contribution in [1.29, 1.82) is 0 Å². The molecule has 0 aromatic carbocycles. The molecule has 114 valence electrons. The summed E-state index contributed by atoms with van der Waals surface area (Å²) in [6, 6.07) is 1.69. The van der Waals surface area contributed by atoms with E-state index in [0.717, 1.165) is 16.9 Å². The number of likely N-dealkylation sites (N-methyl/N-ethyl adjacent to an activating group) is 1. The smallest absolute Gasteiger partial charge is 0.252 e. The molecule has 1 saturated heterocycles. The van der Waals surface area contributed by atoms with Crippen LogP contribution in [-0.2, 0) is 21.3 Å². The van der Waals surface area contributed by atoms with Gasteiger partial charge < -0.3 is 10.1 Å². The van der Waals surface area contributed by atoms with Crippen molar-refractivity contribution >= 4 is 21.4 Å². The van der Waals surface area contributed by atoms with Gasteiger partial charge in [0.1, 0.15) is 4.21 Å². The second-order valence-electron chi connectivity index (χ2n) is 5.16. The van der Waals surface area contributed by atoms with Crippen molar-refractivity contribution in [1.82, 2.24) is 9.62 Å². The molecule has 1 aliphatic heterocycles. The van der Waals surface area contributed by atoms with Gasteiger partial charge in [0.05, 0.1) is 12.1 Å². The molecule has 0 aliphatic carbocycles. The molecule has 5 nitrogen and oxygen atoms in total. The Morgan fingerprint density at radius 1 is 1.55 bits per heavy atom. The van der Waals surface area contributed by atoms with Gasteiger partial charge in [-0.2, -0.15) is 4.31 Å². The summed E-state index contributed by atoms with van der Waals surface area (Å²) in [5.74, 6) is 0. The first-order chi connectivity index (χ1) is 9.37. The minimum Gasteiger partial charge on any atom is -0.377 e. The number of sulfonamides is 1. The summed E-state index contributed by atoms with van der Waals surface area (Å²) >= 11 is 1.35. The number of nitrogens with zero attached hydrogens (tertiary/aromatic N) is 1. The fourth-order valence-electron chi connectivity index (χ4n) is 2.47. The average molecular weight is 318 g/mol. The number of aryl methyl sites for hydroxylation is 1. The van der Waals surface area contributed by atoms with E-state index in [1.165, 1.54) is 15.6 Å². The van der Waals surface area contributed by atoms with E-state index in [-0.39, 0.29) is 12.1 Å². The molecule has 1 N–H and O–H groups in total. The summed E-state index contributed by atoms with van der Waals surface area (Å²) in [7, 11) is 0.0777. The number of thiophene rings is 1. The second-order valence-corrected chi connectivity index (χ2v) is 8.52. The van der Waals surface area contributed by atoms with E-state index in [0.29, 0.717) is 17.4 Å². The molecule has 1 fully saturated rings. The van der Waals surface area contributed by atoms with Crippen LogP contribution in [0.2, 0.25) is 0 Å². The summed E-state index contributed by atoms with van der Waals surface area (Å²) in [5, 5.41) is 3.06. The molecule has 0 spiro atoms. The lowest BCUT2D eigenvalue weighted by Gasteiger charge is -2.25. The number of rotatable bonds is 5. The zero-order valence-corrected chi connectivity index (χ0v) is 14.0. The summed E-state index contributed by atoms with van der Waals surface area (Å²) in [5.41, 5.74) is 1.02. The molecule has 0 saturated carbocycles. The van der Waals surface area contributed by atoms with Gasteiger partial charge in [-0.05, 0) is 38.9 Å². The van der Waals surface area contributed by atoms with Crippen LogP contribution in [0.25, 0.3) is 0 Å². The molecule has 2 atom stereocenters. The Morgan fingerprint density at radius 3 is 2.80 bits per heavy atom. The van der Waals surface area contributed by atoms with Crippen LogP contribution in [0, 0.1) is 6.92 Å². The fourth-order valence-corrected chi connectivity index (χ4v) is 5.70. The molecule has 2 unspecified atom stereocenters. The minimum atomic E-state index is -3.43. The lowest BCUT2D eigenvalue weighted by atomic mass is 10.2. The standard InChI is InChI=1S/C13H22N2O3S2/c1-9-7-13(19-12(9)8-14-3)20(16,17)15(4)11-5-6-18-10(11)2/h7,10-11,14H,5-6,8H2,1-4H3. The second kappa shape index (κ2) is 6.11. The number of hydrogen-bond acceptors (Lipinski definition) is 5. The Morgan fingerprint density at radius 2 is 2.25 bits per heavy atom. The third-order valence-electron chi connectivity index (χ3n) is 3.77. The fraction of sp³-hybridized carbons (Fsp3) is 0.692. The summed E-state index contributed by atoms with van der Waals surface area (Å²) in [6.07, 6.45) is 0.706. The first kappa shape index (κ1) is 15.9. The van der Waals surface area contributed by atoms with Crippen molar-refractivity contribution in [2.24, 2.45) is 0 Å². The Labute approximate surface area is 125 Å². The van der Waals surface area contributed by atoms with Crippen LogP contribution in [-0.4, -0.2) is 45.6 Å². The molecule has 1 aromatic rings. The van der Waals surface area contributed by atoms with Crippen LogP contribution < -0.4 is 5.32 Å². The highest BCUT2D eigenvalue weighted by Gasteiger charge is 2.36. The maximum atomic E-state index is 12.7. The number of hydrogen-bond donors (Lipinski definition) is 1. The molecular weight excluding hydrogens is 296 g/mol. The van der Waals surface area contributed by atoms with Gasteiger partial charge in [0.2, 0.25) is 0 Å². The largest absolute Gasteiger partial charge is 0.377 e. The molecule has 20 heavy (non-hydrogen) atoms. The van der Waals surface area contributed by atoms with Crippen molar-refractivity contribution < 1.29 is 13.2 Å². The third kappa shape index (κ3) is 2.92. The third-order valence-corrected chi connectivity index (χ3v) is 7.34. The van der Waals surface area contributed by atoms with Crippen LogP contribution in [0.4, 0.5) is 0 Å². The van der Waals surface area contributed by atoms with Gasteiger partial charge in [-0.25, -0.2) is 8.42 Å². The van der Waals surface area contributed by atoms with E-state index in [9.17, 15) is 8.42 Å². The molecule has 0 radical (unpaired) electrons. The highest BCUT2D eigenvalue weighted by Crippen LogP contribution is 2.31. The molecule has 0 amide bonds. The lowest BCUT2D eigenvalue weighted by molar-refractivity contribution is 0.102. The Kier molecular flexibility index (Phi) is 4.86. The van der Waals surface area contributed by atoms with Crippen molar-refractivity contribution in [3.63, 3.8) is 0 Å². The molecule has 2 rings (SSSR count). The number of nitrogens with one attached hydrogen (secondary N) is 1. The van der Waals surface area contributed by atoms with Gasteiger partial charge in [-0.3, -0.25) is 0 Å². The average Bonchev–Trinajstić information content (AvgIpc) is 2.96. The van der Waals surface area contributed by atoms with Gasteiger partial charge in [-0.15, -0.1) is 11.3 Å². The van der Waals surface area contributed by atoms with E-state index < -0.39 is 10.0 Å². The van der Waals surface area contributed by atoms with Crippen molar-refractivity contribution in [2.75, 3.05) is 20.7 Å². The van der Waals surface area contributed by atoms with Gasteiger partial charge in [0.25, 0.3) is 10.0 Å². The molecule has 1 aliphatic rings. The lowest BCUT2D eigenvalue weighted by Crippen LogP contribution is -2.40. The highest BCUT2D eigenvalue weighted by atomic mass is 32.2. The SMILES string of the molecule is CNCc1sc(S(=O)(=O)N(C)C2CCOC2C)cc1C. The minimum absolute atomic E-state index is 0.0485. The zero-order valence-electron chi connectivity index (χ0n) is 12.3. The highest BCUT2D eigenvalue weighted by molar-refractivity contribution is 7.91. The van der Waals surface area contributed by atoms with Crippen LogP contribution in [0.3, 0.4) is 0 Å². The molecule has 0 bridgehead atoms. The van der Waals surface area contributed by atoms with E-state index >= 15 is 0 Å². The van der Waals surface area contributed by atoms with Crippen LogP contribution >= 0.6 is 11.3 Å². The predicted molar refractivity (Wildman–Crippen MR) is 80.6 cm³/mol. The Bertz CT molecular complexity index is 568. The maximum Gasteiger partial charge on any atom is 0.252 e. The van der Waals surface area contributed by atoms with Crippen molar-refractivity contribution in [3.8, 4) is 0 Å². The van der Waals surface area contributed by atoms with Crippen molar-refractivity contribution in [3.05, 3.63) is 16.5 Å². The molecule has 2 heterocycles. The maximum absolute atomic E-state index is 12.7. The quantitative estimate of drug-likeness (QED) is 0.895. The monoisotopic (exact) mass is 318 g/mol. The zero-order chi connectivity index (χ0) is 14.9. The summed E-state index contributed by atoms with van der Waals surface area (Å²) in [4.78, 5) is 1.06. The van der Waals surface area contributed by atoms with Gasteiger partial charge >= 0.3 is 0 Å². The Hall–Kier alpha value is -0.470. The van der Waals surface area contributed by atoms with Crippen LogP contribution in [0.1, 0.15) is 23.8 Å². The van der Waals surface area contributed by atoms with E-state index in [1.807, 2.05) is 20.9 Å². The van der Waals surface area contributed by atoms with E-state index in [4.69, 9.17) is 4.74 Å². The Balaban J connectivity index is 2.27. The molecule has 1 aromatic heterocycles.